The molecular weight excluding hydrogens is 214 g/mol. The van der Waals surface area contributed by atoms with Gasteiger partial charge < -0.3 is 4.90 Å². The molecule has 2 rings (SSSR count). The number of hydrogen-bond acceptors (Lipinski definition) is 4. The number of carbonyl (C=O) groups excluding carboxylic acids is 2. The number of likely N-dealkylation sites (N-methyl/N-ethyl adjacent to an activating group) is 1. The van der Waals surface area contributed by atoms with Gasteiger partial charge in [0, 0.05) is 12.4 Å². The van der Waals surface area contributed by atoms with Gasteiger partial charge in [-0.05, 0) is 6.92 Å². The van der Waals surface area contributed by atoms with Gasteiger partial charge in [0.1, 0.15) is 6.54 Å². The molecule has 1 aliphatic rings. The zero-order chi connectivity index (χ0) is 11.0. The second kappa shape index (κ2) is 3.62. The predicted octanol–water partition coefficient (Wildman–Crippen LogP) is 1.10. The summed E-state index contributed by atoms with van der Waals surface area (Å²) in [7, 11) is 1.62. The number of thiazole rings is 1. The van der Waals surface area contributed by atoms with Crippen LogP contribution >= 0.6 is 11.3 Å². The summed E-state index contributed by atoms with van der Waals surface area (Å²) in [6.07, 6.45) is 0. The van der Waals surface area contributed by atoms with Crippen molar-refractivity contribution >= 4 is 23.3 Å². The molecular formula is C9H11N3O2S. The molecule has 1 aliphatic heterocycles. The van der Waals surface area contributed by atoms with Crippen molar-refractivity contribution in [3.63, 3.8) is 0 Å². The first-order chi connectivity index (χ1) is 7.11. The topological polar surface area (TPSA) is 53.5 Å². The van der Waals surface area contributed by atoms with E-state index in [2.05, 4.69) is 4.98 Å². The summed E-state index contributed by atoms with van der Waals surface area (Å²) < 4.78 is 0. The van der Waals surface area contributed by atoms with Crippen molar-refractivity contribution in [1.82, 2.24) is 14.8 Å². The van der Waals surface area contributed by atoms with Gasteiger partial charge >= 0.3 is 6.03 Å². The van der Waals surface area contributed by atoms with Gasteiger partial charge in [0.25, 0.3) is 5.91 Å². The van der Waals surface area contributed by atoms with Crippen molar-refractivity contribution in [2.45, 2.75) is 13.0 Å². The molecule has 1 aromatic heterocycles. The van der Waals surface area contributed by atoms with E-state index in [0.717, 1.165) is 5.69 Å². The van der Waals surface area contributed by atoms with Crippen molar-refractivity contribution in [1.29, 1.82) is 0 Å². The summed E-state index contributed by atoms with van der Waals surface area (Å²) in [5.41, 5.74) is 2.46. The van der Waals surface area contributed by atoms with E-state index in [0.29, 0.717) is 0 Å². The zero-order valence-electron chi connectivity index (χ0n) is 8.51. The molecule has 0 bridgehead atoms. The van der Waals surface area contributed by atoms with Gasteiger partial charge in [-0.25, -0.2) is 9.78 Å². The Morgan fingerprint density at radius 3 is 2.73 bits per heavy atom. The lowest BCUT2D eigenvalue weighted by Gasteiger charge is -2.20. The third-order valence-corrected chi connectivity index (χ3v) is 3.05. The molecule has 3 amide bonds. The zero-order valence-corrected chi connectivity index (χ0v) is 9.32. The molecule has 2 heterocycles. The summed E-state index contributed by atoms with van der Waals surface area (Å²) in [4.78, 5) is 30.0. The first-order valence-corrected chi connectivity index (χ1v) is 5.50. The standard InChI is InChI=1S/C9H11N3O2S/c1-6(7-4-15-5-10-7)12-8(13)3-11(2)9(12)14/h4-6H,3H2,1-2H3. The lowest BCUT2D eigenvalue weighted by atomic mass is 10.2. The number of hydrogen-bond donors (Lipinski definition) is 0. The van der Waals surface area contributed by atoms with E-state index in [1.54, 1.807) is 12.6 Å². The van der Waals surface area contributed by atoms with Crippen molar-refractivity contribution in [3.8, 4) is 0 Å². The van der Waals surface area contributed by atoms with Gasteiger partial charge in [-0.1, -0.05) is 0 Å². The molecule has 15 heavy (non-hydrogen) atoms. The summed E-state index contributed by atoms with van der Waals surface area (Å²) in [5.74, 6) is -0.164. The number of amides is 3. The van der Waals surface area contributed by atoms with Crippen LogP contribution in [0.5, 0.6) is 0 Å². The number of imide groups is 1. The quantitative estimate of drug-likeness (QED) is 0.708. The van der Waals surface area contributed by atoms with Crippen molar-refractivity contribution in [2.24, 2.45) is 0 Å². The molecule has 1 fully saturated rings. The highest BCUT2D eigenvalue weighted by atomic mass is 32.1. The first-order valence-electron chi connectivity index (χ1n) is 4.56. The van der Waals surface area contributed by atoms with E-state index >= 15 is 0 Å². The Bertz CT molecular complexity index is 390. The number of nitrogens with zero attached hydrogens (tertiary/aromatic N) is 3. The summed E-state index contributed by atoms with van der Waals surface area (Å²) in [6.45, 7) is 1.97. The Morgan fingerprint density at radius 1 is 1.53 bits per heavy atom. The second-order valence-corrected chi connectivity index (χ2v) is 4.21. The average molecular weight is 225 g/mol. The van der Waals surface area contributed by atoms with E-state index in [4.69, 9.17) is 0 Å². The number of rotatable bonds is 2. The highest BCUT2D eigenvalue weighted by molar-refractivity contribution is 7.07. The molecule has 0 aliphatic carbocycles. The van der Waals surface area contributed by atoms with Gasteiger partial charge in [0.15, 0.2) is 0 Å². The molecule has 6 heteroatoms. The molecule has 1 saturated heterocycles. The highest BCUT2D eigenvalue weighted by Crippen LogP contribution is 2.24. The molecule has 0 spiro atoms. The molecule has 1 aromatic rings. The van der Waals surface area contributed by atoms with Crippen LogP contribution < -0.4 is 0 Å². The summed E-state index contributed by atoms with van der Waals surface area (Å²) in [6, 6.07) is -0.526. The van der Waals surface area contributed by atoms with Crippen LogP contribution in [0.25, 0.3) is 0 Å². The highest BCUT2D eigenvalue weighted by Gasteiger charge is 2.37. The Kier molecular flexibility index (Phi) is 2.44. The van der Waals surface area contributed by atoms with Crippen molar-refractivity contribution in [2.75, 3.05) is 13.6 Å². The summed E-state index contributed by atoms with van der Waals surface area (Å²) >= 11 is 1.46. The Balaban J connectivity index is 2.24. The Hall–Kier alpha value is -1.43. The van der Waals surface area contributed by atoms with Gasteiger partial charge in [-0.15, -0.1) is 11.3 Å². The molecule has 0 aromatic carbocycles. The van der Waals surface area contributed by atoms with Crippen molar-refractivity contribution < 1.29 is 9.59 Å². The van der Waals surface area contributed by atoms with Crippen LogP contribution in [0.3, 0.4) is 0 Å². The minimum absolute atomic E-state index is 0.160. The van der Waals surface area contributed by atoms with E-state index in [9.17, 15) is 9.59 Å². The molecule has 1 unspecified atom stereocenters. The fourth-order valence-corrected chi connectivity index (χ4v) is 2.22. The normalized spacial score (nSPS) is 18.8. The largest absolute Gasteiger partial charge is 0.327 e. The van der Waals surface area contributed by atoms with Gasteiger partial charge in [0.05, 0.1) is 17.2 Å². The SMILES string of the molecule is CC(c1cscn1)N1C(=O)CN(C)C1=O. The third kappa shape index (κ3) is 1.61. The van der Waals surface area contributed by atoms with E-state index < -0.39 is 0 Å². The Labute approximate surface area is 91.3 Å². The lowest BCUT2D eigenvalue weighted by molar-refractivity contribution is -0.126. The number of aromatic nitrogens is 1. The predicted molar refractivity (Wildman–Crippen MR) is 55.4 cm³/mol. The first kappa shape index (κ1) is 10.1. The minimum atomic E-state index is -0.277. The molecule has 0 saturated carbocycles. The van der Waals surface area contributed by atoms with Crippen LogP contribution in [0.15, 0.2) is 10.9 Å². The van der Waals surface area contributed by atoms with Crippen LogP contribution in [0, 0.1) is 0 Å². The molecule has 80 valence electrons. The van der Waals surface area contributed by atoms with Gasteiger partial charge in [-0.3, -0.25) is 9.69 Å². The fraction of sp³-hybridized carbons (Fsp3) is 0.444. The third-order valence-electron chi connectivity index (χ3n) is 2.44. The van der Waals surface area contributed by atoms with Gasteiger partial charge in [0.2, 0.25) is 0 Å². The molecule has 0 radical (unpaired) electrons. The fourth-order valence-electron chi connectivity index (χ4n) is 1.58. The van der Waals surface area contributed by atoms with Crippen LogP contribution in [-0.4, -0.2) is 40.3 Å². The minimum Gasteiger partial charge on any atom is -0.318 e. The lowest BCUT2D eigenvalue weighted by Crippen LogP contribution is -2.34. The summed E-state index contributed by atoms with van der Waals surface area (Å²) in [5, 5.41) is 1.85. The van der Waals surface area contributed by atoms with E-state index in [-0.39, 0.29) is 24.5 Å². The molecule has 0 N–H and O–H groups in total. The van der Waals surface area contributed by atoms with Crippen LogP contribution in [0.4, 0.5) is 4.79 Å². The maximum absolute atomic E-state index is 11.7. The Morgan fingerprint density at radius 2 is 2.27 bits per heavy atom. The smallest absolute Gasteiger partial charge is 0.318 e. The van der Waals surface area contributed by atoms with Crippen LogP contribution in [-0.2, 0) is 4.79 Å². The maximum atomic E-state index is 11.7. The van der Waals surface area contributed by atoms with E-state index in [1.165, 1.54) is 21.1 Å². The molecule has 1 atom stereocenters. The van der Waals surface area contributed by atoms with Crippen LogP contribution in [0.1, 0.15) is 18.7 Å². The average Bonchev–Trinajstić information content (AvgIpc) is 2.76. The molecule has 5 nitrogen and oxygen atoms in total. The second-order valence-electron chi connectivity index (χ2n) is 3.49. The maximum Gasteiger partial charge on any atom is 0.327 e. The monoisotopic (exact) mass is 225 g/mol. The van der Waals surface area contributed by atoms with E-state index in [1.807, 2.05) is 12.3 Å². The van der Waals surface area contributed by atoms with Crippen molar-refractivity contribution in [3.05, 3.63) is 16.6 Å². The van der Waals surface area contributed by atoms with Gasteiger partial charge in [-0.2, -0.15) is 0 Å². The van der Waals surface area contributed by atoms with Crippen LogP contribution in [0.2, 0.25) is 0 Å². The number of carbonyl (C=O) groups is 2. The number of urea groups is 1.